The Balaban J connectivity index is 1.36. The van der Waals surface area contributed by atoms with Crippen molar-refractivity contribution in [3.05, 3.63) is 71.3 Å². The number of anilines is 2. The summed E-state index contributed by atoms with van der Waals surface area (Å²) in [6.07, 6.45) is 5.01. The molecule has 0 spiro atoms. The van der Waals surface area contributed by atoms with Crippen LogP contribution in [-0.4, -0.2) is 30.3 Å². The molecule has 7 heteroatoms. The lowest BCUT2D eigenvalue weighted by Gasteiger charge is -2.15. The summed E-state index contributed by atoms with van der Waals surface area (Å²) >= 11 is 0. The second kappa shape index (κ2) is 8.78. The summed E-state index contributed by atoms with van der Waals surface area (Å²) in [5.74, 6) is -2.14. The number of allylic oxidation sites excluding steroid dienone is 2. The summed E-state index contributed by atoms with van der Waals surface area (Å²) in [7, 11) is 0. The second-order valence-electron chi connectivity index (χ2n) is 8.09. The quantitative estimate of drug-likeness (QED) is 0.443. The second-order valence-corrected chi connectivity index (χ2v) is 8.09. The molecule has 3 amide bonds. The van der Waals surface area contributed by atoms with E-state index in [1.165, 1.54) is 17.0 Å². The first-order valence-corrected chi connectivity index (χ1v) is 10.5. The Morgan fingerprint density at radius 2 is 1.59 bits per heavy atom. The van der Waals surface area contributed by atoms with E-state index in [1.54, 1.807) is 18.2 Å². The van der Waals surface area contributed by atoms with E-state index in [0.29, 0.717) is 24.2 Å². The van der Waals surface area contributed by atoms with Gasteiger partial charge in [-0.05, 0) is 68.1 Å². The fourth-order valence-electron chi connectivity index (χ4n) is 4.09. The van der Waals surface area contributed by atoms with E-state index in [2.05, 4.69) is 5.32 Å². The normalized spacial score (nSPS) is 19.6. The molecule has 0 saturated carbocycles. The van der Waals surface area contributed by atoms with E-state index < -0.39 is 18.5 Å². The maximum Gasteiger partial charge on any atom is 0.338 e. The highest BCUT2D eigenvalue weighted by atomic mass is 16.5. The van der Waals surface area contributed by atoms with Gasteiger partial charge in [0.25, 0.3) is 5.91 Å². The summed E-state index contributed by atoms with van der Waals surface area (Å²) in [4.78, 5) is 51.0. The van der Waals surface area contributed by atoms with Crippen LogP contribution in [0.15, 0.2) is 54.6 Å². The van der Waals surface area contributed by atoms with Crippen molar-refractivity contribution in [2.45, 2.75) is 26.7 Å². The Kier molecular flexibility index (Phi) is 5.90. The van der Waals surface area contributed by atoms with Crippen molar-refractivity contribution in [3.63, 3.8) is 0 Å². The van der Waals surface area contributed by atoms with Crippen molar-refractivity contribution in [1.82, 2.24) is 0 Å². The SMILES string of the molecule is Cc1cccc(NC(=O)COC(=O)c2ccc(N3C(=O)[C@H]4CC=CC[C@@H]4C3=O)cc2)c1C. The number of benzene rings is 2. The van der Waals surface area contributed by atoms with Gasteiger partial charge >= 0.3 is 5.97 Å². The van der Waals surface area contributed by atoms with Gasteiger partial charge in [0, 0.05) is 5.69 Å². The third-order valence-corrected chi connectivity index (χ3v) is 6.08. The number of fused-ring (bicyclic) bond motifs is 1. The monoisotopic (exact) mass is 432 g/mol. The first kappa shape index (κ1) is 21.5. The molecule has 1 aliphatic carbocycles. The molecule has 4 rings (SSSR count). The molecule has 1 aliphatic heterocycles. The number of carbonyl (C=O) groups is 4. The molecule has 164 valence electrons. The number of aryl methyl sites for hydroxylation is 1. The van der Waals surface area contributed by atoms with E-state index in [9.17, 15) is 19.2 Å². The highest BCUT2D eigenvalue weighted by Crippen LogP contribution is 2.37. The molecule has 32 heavy (non-hydrogen) atoms. The molecule has 1 saturated heterocycles. The fourth-order valence-corrected chi connectivity index (χ4v) is 4.09. The number of nitrogens with one attached hydrogen (secondary N) is 1. The van der Waals surface area contributed by atoms with E-state index >= 15 is 0 Å². The Morgan fingerprint density at radius 1 is 0.969 bits per heavy atom. The highest BCUT2D eigenvalue weighted by molar-refractivity contribution is 6.22. The van der Waals surface area contributed by atoms with Gasteiger partial charge in [-0.25, -0.2) is 4.79 Å². The molecular weight excluding hydrogens is 408 g/mol. The van der Waals surface area contributed by atoms with Crippen LogP contribution in [0.4, 0.5) is 11.4 Å². The molecule has 0 unspecified atom stereocenters. The minimum absolute atomic E-state index is 0.206. The Labute approximate surface area is 186 Å². The van der Waals surface area contributed by atoms with Crippen LogP contribution in [0, 0.1) is 25.7 Å². The van der Waals surface area contributed by atoms with Gasteiger partial charge in [-0.1, -0.05) is 24.3 Å². The van der Waals surface area contributed by atoms with Crippen molar-refractivity contribution in [3.8, 4) is 0 Å². The lowest BCUT2D eigenvalue weighted by atomic mass is 9.85. The third kappa shape index (κ3) is 4.06. The lowest BCUT2D eigenvalue weighted by Crippen LogP contribution is -2.30. The average molecular weight is 432 g/mol. The molecule has 0 aromatic heterocycles. The van der Waals surface area contributed by atoms with Crippen molar-refractivity contribution in [2.24, 2.45) is 11.8 Å². The standard InChI is InChI=1S/C25H24N2O5/c1-15-6-5-9-21(16(15)2)26-22(28)14-32-25(31)17-10-12-18(13-11-17)27-23(29)19-7-3-4-8-20(19)24(27)30/h3-6,9-13,19-20H,7-8,14H2,1-2H3,(H,26,28)/t19-,20-/m0/s1. The van der Waals surface area contributed by atoms with E-state index in [1.807, 2.05) is 38.1 Å². The van der Waals surface area contributed by atoms with E-state index in [-0.39, 0.29) is 29.2 Å². The summed E-state index contributed by atoms with van der Waals surface area (Å²) < 4.78 is 5.11. The van der Waals surface area contributed by atoms with Crippen LogP contribution >= 0.6 is 0 Å². The van der Waals surface area contributed by atoms with Gasteiger partial charge in [0.15, 0.2) is 6.61 Å². The summed E-state index contributed by atoms with van der Waals surface area (Å²) in [6.45, 7) is 3.43. The molecule has 0 bridgehead atoms. The smallest absolute Gasteiger partial charge is 0.338 e. The van der Waals surface area contributed by atoms with Crippen molar-refractivity contribution in [2.75, 3.05) is 16.8 Å². The van der Waals surface area contributed by atoms with Gasteiger partial charge < -0.3 is 10.1 Å². The number of carbonyl (C=O) groups excluding carboxylic acids is 4. The number of ether oxygens (including phenoxy) is 1. The zero-order chi connectivity index (χ0) is 22.8. The van der Waals surface area contributed by atoms with Gasteiger partial charge in [-0.15, -0.1) is 0 Å². The Morgan fingerprint density at radius 3 is 2.22 bits per heavy atom. The molecule has 2 aliphatic rings. The fraction of sp³-hybridized carbons (Fsp3) is 0.280. The molecule has 2 atom stereocenters. The number of rotatable bonds is 5. The van der Waals surface area contributed by atoms with Gasteiger partial charge in [0.05, 0.1) is 23.1 Å². The average Bonchev–Trinajstić information content (AvgIpc) is 3.06. The molecule has 0 radical (unpaired) electrons. The van der Waals surface area contributed by atoms with Crippen molar-refractivity contribution < 1.29 is 23.9 Å². The zero-order valence-electron chi connectivity index (χ0n) is 18.0. The number of amides is 3. The van der Waals surface area contributed by atoms with Crippen LogP contribution in [0.2, 0.25) is 0 Å². The first-order valence-electron chi connectivity index (χ1n) is 10.5. The van der Waals surface area contributed by atoms with Crippen LogP contribution in [0.25, 0.3) is 0 Å². The molecule has 1 fully saturated rings. The topological polar surface area (TPSA) is 92.8 Å². The maximum absolute atomic E-state index is 12.7. The van der Waals surface area contributed by atoms with Crippen LogP contribution < -0.4 is 10.2 Å². The number of nitrogens with zero attached hydrogens (tertiary/aromatic N) is 1. The number of hydrogen-bond acceptors (Lipinski definition) is 5. The first-order chi connectivity index (χ1) is 15.4. The minimum atomic E-state index is -0.662. The molecule has 7 nitrogen and oxygen atoms in total. The Hall–Kier alpha value is -3.74. The predicted molar refractivity (Wildman–Crippen MR) is 119 cm³/mol. The summed E-state index contributed by atoms with van der Waals surface area (Å²) in [5, 5.41) is 2.74. The van der Waals surface area contributed by atoms with Gasteiger partial charge in [-0.2, -0.15) is 0 Å². The number of esters is 1. The number of imide groups is 1. The van der Waals surface area contributed by atoms with Crippen LogP contribution in [0.5, 0.6) is 0 Å². The minimum Gasteiger partial charge on any atom is -0.452 e. The lowest BCUT2D eigenvalue weighted by molar-refractivity contribution is -0.122. The predicted octanol–water partition coefficient (Wildman–Crippen LogP) is 3.55. The largest absolute Gasteiger partial charge is 0.452 e. The van der Waals surface area contributed by atoms with Crippen LogP contribution in [-0.2, 0) is 19.1 Å². The van der Waals surface area contributed by atoms with E-state index in [0.717, 1.165) is 11.1 Å². The van der Waals surface area contributed by atoms with Gasteiger partial charge in [0.2, 0.25) is 11.8 Å². The molecule has 1 N–H and O–H groups in total. The zero-order valence-corrected chi connectivity index (χ0v) is 18.0. The molecule has 2 aromatic carbocycles. The maximum atomic E-state index is 12.7. The van der Waals surface area contributed by atoms with Crippen LogP contribution in [0.1, 0.15) is 34.3 Å². The summed E-state index contributed by atoms with van der Waals surface area (Å²) in [6, 6.07) is 11.6. The highest BCUT2D eigenvalue weighted by Gasteiger charge is 2.47. The Bertz CT molecular complexity index is 1090. The van der Waals surface area contributed by atoms with Crippen molar-refractivity contribution >= 4 is 35.1 Å². The molecule has 1 heterocycles. The van der Waals surface area contributed by atoms with Gasteiger partial charge in [0.1, 0.15) is 0 Å². The van der Waals surface area contributed by atoms with E-state index in [4.69, 9.17) is 4.74 Å². The molecular formula is C25H24N2O5. The van der Waals surface area contributed by atoms with Crippen LogP contribution in [0.3, 0.4) is 0 Å². The third-order valence-electron chi connectivity index (χ3n) is 6.08. The number of hydrogen-bond donors (Lipinski definition) is 1. The summed E-state index contributed by atoms with van der Waals surface area (Å²) in [5.41, 5.74) is 3.32. The van der Waals surface area contributed by atoms with Gasteiger partial charge in [-0.3, -0.25) is 19.3 Å². The van der Waals surface area contributed by atoms with Crippen molar-refractivity contribution in [1.29, 1.82) is 0 Å². The molecule has 2 aromatic rings.